The summed E-state index contributed by atoms with van der Waals surface area (Å²) in [7, 11) is 0. The van der Waals surface area contributed by atoms with Crippen molar-refractivity contribution in [2.75, 3.05) is 0 Å². The van der Waals surface area contributed by atoms with Crippen LogP contribution < -0.4 is 4.74 Å². The molecule has 0 aliphatic heterocycles. The van der Waals surface area contributed by atoms with E-state index in [4.69, 9.17) is 9.84 Å². The molecule has 1 heterocycles. The Balaban J connectivity index is 2.17. The molecule has 5 heteroatoms. The third-order valence-electron chi connectivity index (χ3n) is 2.20. The number of carboxylic acids is 1. The summed E-state index contributed by atoms with van der Waals surface area (Å²) >= 11 is 0. The fraction of sp³-hybridized carbons (Fsp3) is 0.444. The predicted octanol–water partition coefficient (Wildman–Crippen LogP) is 1.11. The van der Waals surface area contributed by atoms with Crippen molar-refractivity contribution in [3.05, 3.63) is 18.1 Å². The van der Waals surface area contributed by atoms with Gasteiger partial charge in [-0.25, -0.2) is 14.8 Å². The third kappa shape index (κ3) is 1.66. The summed E-state index contributed by atoms with van der Waals surface area (Å²) in [5.41, 5.74) is -0.112. The minimum atomic E-state index is -1.10. The lowest BCUT2D eigenvalue weighted by atomic mass is 9.96. The molecule has 0 radical (unpaired) electrons. The molecule has 1 N–H and O–H groups in total. The lowest BCUT2D eigenvalue weighted by Crippen LogP contribution is -2.26. The Hall–Kier alpha value is -1.65. The van der Waals surface area contributed by atoms with Crippen LogP contribution in [0.5, 0.6) is 5.88 Å². The predicted molar refractivity (Wildman–Crippen MR) is 47.3 cm³/mol. The van der Waals surface area contributed by atoms with Gasteiger partial charge >= 0.3 is 5.97 Å². The van der Waals surface area contributed by atoms with Crippen LogP contribution in [0.4, 0.5) is 0 Å². The van der Waals surface area contributed by atoms with Crippen LogP contribution in [0.3, 0.4) is 0 Å². The van der Waals surface area contributed by atoms with Crippen molar-refractivity contribution in [1.29, 1.82) is 0 Å². The first kappa shape index (κ1) is 8.93. The zero-order valence-corrected chi connectivity index (χ0v) is 7.51. The molecule has 14 heavy (non-hydrogen) atoms. The second-order valence-electron chi connectivity index (χ2n) is 3.19. The van der Waals surface area contributed by atoms with Crippen LogP contribution >= 0.6 is 0 Å². The van der Waals surface area contributed by atoms with Crippen LogP contribution in [0.1, 0.15) is 29.8 Å². The highest BCUT2D eigenvalue weighted by Crippen LogP contribution is 2.24. The van der Waals surface area contributed by atoms with E-state index >= 15 is 0 Å². The van der Waals surface area contributed by atoms with Crippen molar-refractivity contribution >= 4 is 5.97 Å². The highest BCUT2D eigenvalue weighted by Gasteiger charge is 2.23. The number of carbonyl (C=O) groups is 1. The van der Waals surface area contributed by atoms with E-state index in [0.29, 0.717) is 0 Å². The number of aromatic carboxylic acids is 1. The molecule has 1 aromatic rings. The van der Waals surface area contributed by atoms with Gasteiger partial charge in [-0.2, -0.15) is 0 Å². The molecule has 1 fully saturated rings. The monoisotopic (exact) mass is 194 g/mol. The van der Waals surface area contributed by atoms with Gasteiger partial charge in [-0.15, -0.1) is 0 Å². The van der Waals surface area contributed by atoms with Gasteiger partial charge in [-0.3, -0.25) is 0 Å². The SMILES string of the molecule is O=C(O)c1nccnc1OC1CCC1. The zero-order valence-electron chi connectivity index (χ0n) is 7.51. The van der Waals surface area contributed by atoms with Gasteiger partial charge in [0.05, 0.1) is 0 Å². The number of hydrogen-bond donors (Lipinski definition) is 1. The van der Waals surface area contributed by atoms with Crippen molar-refractivity contribution in [3.8, 4) is 5.88 Å². The molecule has 1 aromatic heterocycles. The molecule has 0 unspecified atom stereocenters. The maximum atomic E-state index is 10.7. The van der Waals surface area contributed by atoms with Gasteiger partial charge in [0, 0.05) is 12.4 Å². The van der Waals surface area contributed by atoms with Gasteiger partial charge in [-0.1, -0.05) is 0 Å². The quantitative estimate of drug-likeness (QED) is 0.780. The van der Waals surface area contributed by atoms with E-state index in [1.54, 1.807) is 0 Å². The van der Waals surface area contributed by atoms with E-state index < -0.39 is 5.97 Å². The molecule has 1 aliphatic rings. The molecule has 0 amide bonds. The largest absolute Gasteiger partial charge is 0.476 e. The molecule has 0 bridgehead atoms. The van der Waals surface area contributed by atoms with Gasteiger partial charge in [0.1, 0.15) is 6.10 Å². The molecular formula is C9H10N2O3. The molecule has 2 rings (SSSR count). The van der Waals surface area contributed by atoms with Gasteiger partial charge in [0.2, 0.25) is 11.6 Å². The summed E-state index contributed by atoms with van der Waals surface area (Å²) < 4.78 is 5.39. The molecular weight excluding hydrogens is 184 g/mol. The number of ether oxygens (including phenoxy) is 1. The highest BCUT2D eigenvalue weighted by molar-refractivity contribution is 5.87. The second kappa shape index (κ2) is 3.61. The summed E-state index contributed by atoms with van der Waals surface area (Å²) in [5.74, 6) is -0.975. The van der Waals surface area contributed by atoms with Crippen LogP contribution in [-0.4, -0.2) is 27.1 Å². The van der Waals surface area contributed by atoms with Gasteiger partial charge in [0.25, 0.3) is 0 Å². The fourth-order valence-electron chi connectivity index (χ4n) is 1.20. The van der Waals surface area contributed by atoms with Gasteiger partial charge in [0.15, 0.2) is 0 Å². The first-order chi connectivity index (χ1) is 6.77. The standard InChI is InChI=1S/C9H10N2O3/c12-9(13)7-8(11-5-4-10-7)14-6-2-1-3-6/h4-6H,1-3H2,(H,12,13). The molecule has 0 saturated heterocycles. The van der Waals surface area contributed by atoms with Crippen molar-refractivity contribution in [2.45, 2.75) is 25.4 Å². The Morgan fingerprint density at radius 3 is 2.71 bits per heavy atom. The summed E-state index contributed by atoms with van der Waals surface area (Å²) in [6.45, 7) is 0. The smallest absolute Gasteiger partial charge is 0.360 e. The average molecular weight is 194 g/mol. The van der Waals surface area contributed by atoms with Crippen molar-refractivity contribution in [3.63, 3.8) is 0 Å². The van der Waals surface area contributed by atoms with E-state index in [-0.39, 0.29) is 17.7 Å². The Bertz CT molecular complexity index is 350. The Morgan fingerprint density at radius 2 is 2.14 bits per heavy atom. The van der Waals surface area contributed by atoms with Gasteiger partial charge in [-0.05, 0) is 19.3 Å². The number of rotatable bonds is 3. The van der Waals surface area contributed by atoms with Crippen LogP contribution in [-0.2, 0) is 0 Å². The van der Waals surface area contributed by atoms with Crippen LogP contribution in [0.15, 0.2) is 12.4 Å². The lowest BCUT2D eigenvalue weighted by Gasteiger charge is -2.25. The Labute approximate surface area is 80.8 Å². The molecule has 0 spiro atoms. The Kier molecular flexibility index (Phi) is 2.30. The van der Waals surface area contributed by atoms with E-state index in [1.807, 2.05) is 0 Å². The summed E-state index contributed by atoms with van der Waals surface area (Å²) in [4.78, 5) is 18.3. The molecule has 1 saturated carbocycles. The van der Waals surface area contributed by atoms with Crippen molar-refractivity contribution < 1.29 is 14.6 Å². The minimum Gasteiger partial charge on any atom is -0.476 e. The number of nitrogens with zero attached hydrogens (tertiary/aromatic N) is 2. The van der Waals surface area contributed by atoms with E-state index in [9.17, 15) is 4.79 Å². The maximum absolute atomic E-state index is 10.7. The second-order valence-corrected chi connectivity index (χ2v) is 3.19. The van der Waals surface area contributed by atoms with E-state index in [1.165, 1.54) is 12.4 Å². The average Bonchev–Trinajstić information content (AvgIpc) is 2.12. The zero-order chi connectivity index (χ0) is 9.97. The minimum absolute atomic E-state index is 0.112. The summed E-state index contributed by atoms with van der Waals surface area (Å²) in [6.07, 6.45) is 5.96. The summed E-state index contributed by atoms with van der Waals surface area (Å²) in [6, 6.07) is 0. The number of carboxylic acid groups (broad SMARTS) is 1. The maximum Gasteiger partial charge on any atom is 0.360 e. The van der Waals surface area contributed by atoms with Crippen LogP contribution in [0.2, 0.25) is 0 Å². The lowest BCUT2D eigenvalue weighted by molar-refractivity contribution is 0.0667. The highest BCUT2D eigenvalue weighted by atomic mass is 16.5. The third-order valence-corrected chi connectivity index (χ3v) is 2.20. The summed E-state index contributed by atoms with van der Waals surface area (Å²) in [5, 5.41) is 8.79. The van der Waals surface area contributed by atoms with Crippen molar-refractivity contribution in [2.24, 2.45) is 0 Å². The topological polar surface area (TPSA) is 72.3 Å². The molecule has 0 atom stereocenters. The Morgan fingerprint density at radius 1 is 1.43 bits per heavy atom. The normalized spacial score (nSPS) is 16.0. The number of aromatic nitrogens is 2. The molecule has 1 aliphatic carbocycles. The van der Waals surface area contributed by atoms with Crippen LogP contribution in [0.25, 0.3) is 0 Å². The number of hydrogen-bond acceptors (Lipinski definition) is 4. The fourth-order valence-corrected chi connectivity index (χ4v) is 1.20. The van der Waals surface area contributed by atoms with E-state index in [0.717, 1.165) is 19.3 Å². The first-order valence-electron chi connectivity index (χ1n) is 4.48. The van der Waals surface area contributed by atoms with Gasteiger partial charge < -0.3 is 9.84 Å². The van der Waals surface area contributed by atoms with E-state index in [2.05, 4.69) is 9.97 Å². The molecule has 0 aromatic carbocycles. The van der Waals surface area contributed by atoms with Crippen molar-refractivity contribution in [1.82, 2.24) is 9.97 Å². The first-order valence-corrected chi connectivity index (χ1v) is 4.48. The molecule has 74 valence electrons. The molecule has 5 nitrogen and oxygen atoms in total. The van der Waals surface area contributed by atoms with Crippen LogP contribution in [0, 0.1) is 0 Å².